The highest BCUT2D eigenvalue weighted by atomic mass is 15.2. The molecule has 4 heterocycles. The molecule has 250 valence electrons. The number of aryl methyl sites for hydroxylation is 4. The number of hydrogen-bond acceptors (Lipinski definition) is 2. The van der Waals surface area contributed by atoms with Crippen LogP contribution in [-0.4, -0.2) is 13.6 Å². The molecule has 0 unspecified atom stereocenters. The molecule has 0 saturated heterocycles. The molecular formula is C49H38B2N2. The van der Waals surface area contributed by atoms with Crippen LogP contribution in [0.25, 0.3) is 33.4 Å². The lowest BCUT2D eigenvalue weighted by Crippen LogP contribution is -2.69. The SMILES string of the molecule is Cc1ccc(N2c3ccc4c5c3B(c3cc(C)cc6c3N5B(c3cc(C)ccc3-6)c3cc(C)ccc3-4)c3ccc4c(c32)-c2ccccc2C4(C)C)cc1. The van der Waals surface area contributed by atoms with Crippen molar-refractivity contribution in [1.82, 2.24) is 0 Å². The zero-order chi connectivity index (χ0) is 35.7. The molecule has 53 heavy (non-hydrogen) atoms. The molecule has 7 aromatic rings. The first kappa shape index (κ1) is 29.8. The molecule has 0 spiro atoms. The van der Waals surface area contributed by atoms with E-state index in [0.29, 0.717) is 0 Å². The molecule has 1 aliphatic carbocycles. The molecule has 4 aliphatic heterocycles. The van der Waals surface area contributed by atoms with Crippen molar-refractivity contribution in [2.45, 2.75) is 47.0 Å². The summed E-state index contributed by atoms with van der Waals surface area (Å²) in [5.41, 5.74) is 29.8. The minimum absolute atomic E-state index is 0.0855. The lowest BCUT2D eigenvalue weighted by Gasteiger charge is -2.52. The Balaban J connectivity index is 1.28. The van der Waals surface area contributed by atoms with Crippen LogP contribution in [0.15, 0.2) is 121 Å². The first-order valence-corrected chi connectivity index (χ1v) is 19.2. The molecule has 12 rings (SSSR count). The largest absolute Gasteiger partial charge is 0.377 e. The molecule has 0 saturated carbocycles. The monoisotopic (exact) mass is 676 g/mol. The fourth-order valence-electron chi connectivity index (χ4n) is 11.0. The van der Waals surface area contributed by atoms with E-state index in [1.807, 2.05) is 0 Å². The molecule has 0 fully saturated rings. The number of anilines is 5. The Morgan fingerprint density at radius 2 is 1.13 bits per heavy atom. The summed E-state index contributed by atoms with van der Waals surface area (Å²) in [7, 11) is 0. The fourth-order valence-corrected chi connectivity index (χ4v) is 11.0. The van der Waals surface area contributed by atoms with Crippen LogP contribution >= 0.6 is 0 Å². The van der Waals surface area contributed by atoms with Gasteiger partial charge in [-0.2, -0.15) is 0 Å². The van der Waals surface area contributed by atoms with Gasteiger partial charge < -0.3 is 9.71 Å². The Morgan fingerprint density at radius 1 is 0.472 bits per heavy atom. The number of rotatable bonds is 1. The van der Waals surface area contributed by atoms with Crippen LogP contribution in [0, 0.1) is 27.7 Å². The Morgan fingerprint density at radius 3 is 1.89 bits per heavy atom. The van der Waals surface area contributed by atoms with Crippen molar-refractivity contribution in [3.8, 4) is 33.4 Å². The Labute approximate surface area is 312 Å². The van der Waals surface area contributed by atoms with Gasteiger partial charge in [0.1, 0.15) is 0 Å². The smallest absolute Gasteiger partial charge is 0.329 e. The van der Waals surface area contributed by atoms with Crippen molar-refractivity contribution in [1.29, 1.82) is 0 Å². The van der Waals surface area contributed by atoms with E-state index in [1.54, 1.807) is 0 Å². The van der Waals surface area contributed by atoms with Gasteiger partial charge in [0, 0.05) is 50.5 Å². The summed E-state index contributed by atoms with van der Waals surface area (Å²) in [6, 6.07) is 47.5. The minimum Gasteiger partial charge on any atom is -0.377 e. The van der Waals surface area contributed by atoms with Gasteiger partial charge in [-0.3, -0.25) is 0 Å². The van der Waals surface area contributed by atoms with E-state index in [-0.39, 0.29) is 19.0 Å². The van der Waals surface area contributed by atoms with Gasteiger partial charge in [0.05, 0.1) is 0 Å². The zero-order valence-electron chi connectivity index (χ0n) is 31.1. The van der Waals surface area contributed by atoms with E-state index in [2.05, 4.69) is 173 Å². The van der Waals surface area contributed by atoms with E-state index >= 15 is 0 Å². The average Bonchev–Trinajstić information content (AvgIpc) is 3.39. The highest BCUT2D eigenvalue weighted by Crippen LogP contribution is 2.56. The Hall–Kier alpha value is -5.73. The second-order valence-electron chi connectivity index (χ2n) is 16.8. The topological polar surface area (TPSA) is 6.48 Å². The van der Waals surface area contributed by atoms with E-state index in [0.717, 1.165) is 0 Å². The van der Waals surface area contributed by atoms with Crippen molar-refractivity contribution in [3.05, 3.63) is 155 Å². The van der Waals surface area contributed by atoms with Gasteiger partial charge in [-0.1, -0.05) is 133 Å². The molecule has 4 heteroatoms. The van der Waals surface area contributed by atoms with Gasteiger partial charge in [0.2, 0.25) is 0 Å². The van der Waals surface area contributed by atoms with Crippen molar-refractivity contribution in [2.75, 3.05) is 9.71 Å². The quantitative estimate of drug-likeness (QED) is 0.161. The Kier molecular flexibility index (Phi) is 5.52. The number of nitrogens with zero attached hydrogens (tertiary/aromatic N) is 2. The summed E-state index contributed by atoms with van der Waals surface area (Å²) in [5.74, 6) is 0. The summed E-state index contributed by atoms with van der Waals surface area (Å²) in [6.07, 6.45) is 0. The number of benzene rings is 7. The van der Waals surface area contributed by atoms with Crippen LogP contribution < -0.4 is 37.0 Å². The van der Waals surface area contributed by atoms with Crippen molar-refractivity contribution in [3.63, 3.8) is 0 Å². The maximum absolute atomic E-state index is 2.77. The second-order valence-corrected chi connectivity index (χ2v) is 16.8. The highest BCUT2D eigenvalue weighted by molar-refractivity contribution is 7.03. The normalized spacial score (nSPS) is 15.4. The van der Waals surface area contributed by atoms with Gasteiger partial charge in [0.15, 0.2) is 0 Å². The van der Waals surface area contributed by atoms with Gasteiger partial charge in [-0.05, 0) is 107 Å². The minimum atomic E-state index is -0.0984. The summed E-state index contributed by atoms with van der Waals surface area (Å²) < 4.78 is 0. The molecule has 0 N–H and O–H groups in total. The highest BCUT2D eigenvalue weighted by Gasteiger charge is 2.53. The zero-order valence-corrected chi connectivity index (χ0v) is 31.1. The predicted octanol–water partition coefficient (Wildman–Crippen LogP) is 8.74. The molecule has 2 nitrogen and oxygen atoms in total. The van der Waals surface area contributed by atoms with Gasteiger partial charge >= 0.3 is 6.85 Å². The molecular weight excluding hydrogens is 638 g/mol. The molecule has 0 aromatic heterocycles. The summed E-state index contributed by atoms with van der Waals surface area (Å²) in [6.45, 7) is 14.0. The average molecular weight is 676 g/mol. The first-order chi connectivity index (χ1) is 25.7. The van der Waals surface area contributed by atoms with Crippen molar-refractivity contribution < 1.29 is 0 Å². The van der Waals surface area contributed by atoms with E-state index in [4.69, 9.17) is 0 Å². The molecule has 7 aromatic carbocycles. The number of fused-ring (bicyclic) bond motifs is 13. The molecule has 0 atom stereocenters. The standard InChI is InChI=1S/C49H38B2N2/c1-27-11-15-31(16-12-27)52-43-22-19-34-32-17-13-28(2)24-40(32)51-41-25-29(3)14-18-33(41)36-23-30(4)26-42-46(36)53(51)47(34)45(43)50(42)39-21-20-38-44(48(39)52)35-9-7-8-10-37(35)49(38,5)6/h7-26H,1-6H3. The number of hydrogen-bond donors (Lipinski definition) is 0. The maximum Gasteiger partial charge on any atom is 0.329 e. The lowest BCUT2D eigenvalue weighted by molar-refractivity contribution is 0.660. The van der Waals surface area contributed by atoms with Crippen molar-refractivity contribution in [2.24, 2.45) is 0 Å². The third kappa shape index (κ3) is 3.57. The summed E-state index contributed by atoms with van der Waals surface area (Å²) in [5, 5.41) is 0. The molecule has 0 amide bonds. The van der Waals surface area contributed by atoms with E-state index in [9.17, 15) is 0 Å². The van der Waals surface area contributed by atoms with Crippen LogP contribution in [0.1, 0.15) is 47.2 Å². The van der Waals surface area contributed by atoms with Crippen LogP contribution in [0.5, 0.6) is 0 Å². The third-order valence-electron chi connectivity index (χ3n) is 13.2. The maximum atomic E-state index is 2.77. The Bertz CT molecular complexity index is 2830. The van der Waals surface area contributed by atoms with E-state index in [1.165, 1.54) is 123 Å². The van der Waals surface area contributed by atoms with Crippen LogP contribution in [-0.2, 0) is 5.41 Å². The molecule has 5 aliphatic rings. The summed E-state index contributed by atoms with van der Waals surface area (Å²) in [4.78, 5) is 5.39. The second kappa shape index (κ2) is 9.82. The van der Waals surface area contributed by atoms with Gasteiger partial charge in [-0.15, -0.1) is 0 Å². The third-order valence-corrected chi connectivity index (χ3v) is 13.2. The summed E-state index contributed by atoms with van der Waals surface area (Å²) >= 11 is 0. The van der Waals surface area contributed by atoms with Crippen LogP contribution in [0.3, 0.4) is 0 Å². The van der Waals surface area contributed by atoms with Crippen molar-refractivity contribution >= 4 is 69.3 Å². The van der Waals surface area contributed by atoms with Gasteiger partial charge in [-0.25, -0.2) is 0 Å². The lowest BCUT2D eigenvalue weighted by atomic mass is 9.30. The fraction of sp³-hybridized carbons (Fsp3) is 0.143. The molecule has 0 bridgehead atoms. The van der Waals surface area contributed by atoms with E-state index < -0.39 is 0 Å². The first-order valence-electron chi connectivity index (χ1n) is 19.2. The van der Waals surface area contributed by atoms with Gasteiger partial charge in [0.25, 0.3) is 6.71 Å². The van der Waals surface area contributed by atoms with Crippen LogP contribution in [0.2, 0.25) is 0 Å². The molecule has 0 radical (unpaired) electrons. The van der Waals surface area contributed by atoms with Crippen LogP contribution in [0.4, 0.5) is 28.4 Å². The predicted molar refractivity (Wildman–Crippen MR) is 227 cm³/mol.